The lowest BCUT2D eigenvalue weighted by atomic mass is 9.94. The molecule has 1 aliphatic carbocycles. The first kappa shape index (κ1) is 6.99. The maximum absolute atomic E-state index is 10.6. The number of hydrogen-bond acceptors (Lipinski definition) is 2. The average molecular weight is 140 g/mol. The molecule has 1 unspecified atom stereocenters. The zero-order chi connectivity index (χ0) is 7.56. The first-order valence-corrected chi connectivity index (χ1v) is 3.12. The summed E-state index contributed by atoms with van der Waals surface area (Å²) in [6, 6.07) is 0. The van der Waals surface area contributed by atoms with Gasteiger partial charge in [-0.1, -0.05) is 6.08 Å². The number of carbonyl (C=O) groups is 2. The van der Waals surface area contributed by atoms with Crippen LogP contribution in [0, 0.1) is 5.92 Å². The molecule has 0 aromatic rings. The van der Waals surface area contributed by atoms with Gasteiger partial charge in [0.15, 0.2) is 5.78 Å². The van der Waals surface area contributed by atoms with Gasteiger partial charge in [-0.25, -0.2) is 0 Å². The van der Waals surface area contributed by atoms with Crippen molar-refractivity contribution < 1.29 is 14.7 Å². The molecule has 0 spiro atoms. The Morgan fingerprint density at radius 1 is 1.70 bits per heavy atom. The van der Waals surface area contributed by atoms with Gasteiger partial charge >= 0.3 is 5.97 Å². The number of aliphatic carboxylic acids is 1. The molecule has 0 aromatic heterocycles. The molecule has 1 aliphatic rings. The SMILES string of the molecule is O=C1C=CCC(C(=O)O)C1. The monoisotopic (exact) mass is 140 g/mol. The van der Waals surface area contributed by atoms with Gasteiger partial charge in [0, 0.05) is 6.42 Å². The van der Waals surface area contributed by atoms with Gasteiger partial charge in [-0.2, -0.15) is 0 Å². The molecule has 10 heavy (non-hydrogen) atoms. The Bertz CT molecular complexity index is 193. The van der Waals surface area contributed by atoms with E-state index in [0.29, 0.717) is 6.42 Å². The first-order chi connectivity index (χ1) is 4.70. The number of allylic oxidation sites excluding steroid dienone is 2. The molecule has 1 rings (SSSR count). The Morgan fingerprint density at radius 3 is 2.80 bits per heavy atom. The molecule has 54 valence electrons. The summed E-state index contributed by atoms with van der Waals surface area (Å²) in [5.41, 5.74) is 0. The molecule has 0 fully saturated rings. The van der Waals surface area contributed by atoms with Gasteiger partial charge < -0.3 is 5.11 Å². The van der Waals surface area contributed by atoms with Crippen LogP contribution < -0.4 is 0 Å². The van der Waals surface area contributed by atoms with E-state index < -0.39 is 11.9 Å². The van der Waals surface area contributed by atoms with Crippen LogP contribution in [0.15, 0.2) is 12.2 Å². The molecule has 3 nitrogen and oxygen atoms in total. The number of rotatable bonds is 1. The number of carboxylic acid groups (broad SMARTS) is 1. The second kappa shape index (κ2) is 2.64. The molecule has 0 amide bonds. The molecule has 0 aromatic carbocycles. The lowest BCUT2D eigenvalue weighted by Crippen LogP contribution is -2.19. The molecule has 3 heteroatoms. The van der Waals surface area contributed by atoms with Crippen molar-refractivity contribution in [3.63, 3.8) is 0 Å². The summed E-state index contributed by atoms with van der Waals surface area (Å²) in [4.78, 5) is 20.9. The minimum absolute atomic E-state index is 0.0846. The Morgan fingerprint density at radius 2 is 2.40 bits per heavy atom. The van der Waals surface area contributed by atoms with Crippen molar-refractivity contribution in [1.29, 1.82) is 0 Å². The van der Waals surface area contributed by atoms with Gasteiger partial charge in [0.2, 0.25) is 0 Å². The summed E-state index contributed by atoms with van der Waals surface area (Å²) < 4.78 is 0. The fourth-order valence-corrected chi connectivity index (χ4v) is 0.946. The molecular weight excluding hydrogens is 132 g/mol. The van der Waals surface area contributed by atoms with E-state index in [1.807, 2.05) is 0 Å². The van der Waals surface area contributed by atoms with Crippen LogP contribution in [0.1, 0.15) is 12.8 Å². The van der Waals surface area contributed by atoms with Crippen molar-refractivity contribution in [2.75, 3.05) is 0 Å². The third-order valence-electron chi connectivity index (χ3n) is 1.52. The van der Waals surface area contributed by atoms with Gasteiger partial charge in [0.1, 0.15) is 0 Å². The lowest BCUT2D eigenvalue weighted by Gasteiger charge is -2.10. The molecule has 0 bridgehead atoms. The molecule has 0 heterocycles. The fraction of sp³-hybridized carbons (Fsp3) is 0.429. The van der Waals surface area contributed by atoms with Crippen LogP contribution in [0.2, 0.25) is 0 Å². The zero-order valence-corrected chi connectivity index (χ0v) is 5.41. The van der Waals surface area contributed by atoms with Crippen LogP contribution in [-0.4, -0.2) is 16.9 Å². The zero-order valence-electron chi connectivity index (χ0n) is 5.41. The maximum Gasteiger partial charge on any atom is 0.307 e. The molecule has 0 radical (unpaired) electrons. The summed E-state index contributed by atoms with van der Waals surface area (Å²) in [6.45, 7) is 0. The third-order valence-corrected chi connectivity index (χ3v) is 1.52. The van der Waals surface area contributed by atoms with E-state index in [1.54, 1.807) is 6.08 Å². The Labute approximate surface area is 58.4 Å². The first-order valence-electron chi connectivity index (χ1n) is 3.12. The van der Waals surface area contributed by atoms with Crippen molar-refractivity contribution in [3.8, 4) is 0 Å². The Hall–Kier alpha value is -1.12. The predicted molar refractivity (Wildman–Crippen MR) is 34.5 cm³/mol. The lowest BCUT2D eigenvalue weighted by molar-refractivity contribution is -0.143. The van der Waals surface area contributed by atoms with Gasteiger partial charge in [0.05, 0.1) is 5.92 Å². The van der Waals surface area contributed by atoms with Gasteiger partial charge in [-0.3, -0.25) is 9.59 Å². The van der Waals surface area contributed by atoms with E-state index in [-0.39, 0.29) is 12.2 Å². The number of carbonyl (C=O) groups excluding carboxylic acids is 1. The van der Waals surface area contributed by atoms with Crippen molar-refractivity contribution >= 4 is 11.8 Å². The summed E-state index contributed by atoms with van der Waals surface area (Å²) in [5, 5.41) is 8.47. The van der Waals surface area contributed by atoms with Gasteiger partial charge in [-0.15, -0.1) is 0 Å². The largest absolute Gasteiger partial charge is 0.481 e. The second-order valence-electron chi connectivity index (χ2n) is 2.34. The highest BCUT2D eigenvalue weighted by Gasteiger charge is 2.21. The quantitative estimate of drug-likeness (QED) is 0.580. The van der Waals surface area contributed by atoms with Crippen molar-refractivity contribution in [1.82, 2.24) is 0 Å². The average Bonchev–Trinajstić information content (AvgIpc) is 1.88. The van der Waals surface area contributed by atoms with Gasteiger partial charge in [-0.05, 0) is 12.5 Å². The number of hydrogen-bond donors (Lipinski definition) is 1. The van der Waals surface area contributed by atoms with Crippen LogP contribution in [-0.2, 0) is 9.59 Å². The van der Waals surface area contributed by atoms with Crippen molar-refractivity contribution in [3.05, 3.63) is 12.2 Å². The highest BCUT2D eigenvalue weighted by Crippen LogP contribution is 2.15. The maximum atomic E-state index is 10.6. The number of carboxylic acids is 1. The van der Waals surface area contributed by atoms with Crippen molar-refractivity contribution in [2.45, 2.75) is 12.8 Å². The van der Waals surface area contributed by atoms with E-state index >= 15 is 0 Å². The van der Waals surface area contributed by atoms with E-state index in [4.69, 9.17) is 5.11 Å². The normalized spacial score (nSPS) is 24.8. The molecule has 1 atom stereocenters. The van der Waals surface area contributed by atoms with Crippen LogP contribution in [0.25, 0.3) is 0 Å². The van der Waals surface area contributed by atoms with Crippen LogP contribution in [0.5, 0.6) is 0 Å². The molecular formula is C7H8O3. The van der Waals surface area contributed by atoms with Crippen LogP contribution in [0.4, 0.5) is 0 Å². The summed E-state index contributed by atoms with van der Waals surface area (Å²) in [7, 11) is 0. The molecule has 0 saturated heterocycles. The Balaban J connectivity index is 2.60. The topological polar surface area (TPSA) is 54.4 Å². The standard InChI is InChI=1S/C7H8O3/c8-6-3-1-2-5(4-6)7(9)10/h1,3,5H,2,4H2,(H,9,10). The van der Waals surface area contributed by atoms with Gasteiger partial charge in [0.25, 0.3) is 0 Å². The second-order valence-corrected chi connectivity index (χ2v) is 2.34. The summed E-state index contributed by atoms with van der Waals surface area (Å²) >= 11 is 0. The Kier molecular flexibility index (Phi) is 1.85. The minimum atomic E-state index is -0.877. The fourth-order valence-electron chi connectivity index (χ4n) is 0.946. The molecule has 0 aliphatic heterocycles. The van der Waals surface area contributed by atoms with E-state index in [2.05, 4.69) is 0 Å². The van der Waals surface area contributed by atoms with Crippen LogP contribution in [0.3, 0.4) is 0 Å². The van der Waals surface area contributed by atoms with Crippen molar-refractivity contribution in [2.24, 2.45) is 5.92 Å². The molecule has 0 saturated carbocycles. The highest BCUT2D eigenvalue weighted by molar-refractivity contribution is 5.93. The predicted octanol–water partition coefficient (Wildman–Crippen LogP) is 0.606. The van der Waals surface area contributed by atoms with E-state index in [9.17, 15) is 9.59 Å². The number of ketones is 1. The van der Waals surface area contributed by atoms with Crippen LogP contribution >= 0.6 is 0 Å². The summed E-state index contributed by atoms with van der Waals surface area (Å²) in [5.74, 6) is -1.45. The minimum Gasteiger partial charge on any atom is -0.481 e. The van der Waals surface area contributed by atoms with E-state index in [1.165, 1.54) is 6.08 Å². The highest BCUT2D eigenvalue weighted by atomic mass is 16.4. The molecule has 1 N–H and O–H groups in total. The smallest absolute Gasteiger partial charge is 0.307 e. The third kappa shape index (κ3) is 1.43. The summed E-state index contributed by atoms with van der Waals surface area (Å²) in [6.07, 6.45) is 3.71. The van der Waals surface area contributed by atoms with E-state index in [0.717, 1.165) is 0 Å².